The third-order valence-electron chi connectivity index (χ3n) is 10.7. The predicted octanol–water partition coefficient (Wildman–Crippen LogP) is 12.9. The fourth-order valence-electron chi connectivity index (χ4n) is 8.02. The van der Waals surface area contributed by atoms with Crippen LogP contribution in [-0.4, -0.2) is 9.97 Å². The minimum absolute atomic E-state index is 0.434. The molecule has 0 radical (unpaired) electrons. The largest absolute Gasteiger partial charge is 0.228 e. The molecule has 2 heteroatoms. The van der Waals surface area contributed by atoms with Gasteiger partial charge in [-0.2, -0.15) is 0 Å². The van der Waals surface area contributed by atoms with Gasteiger partial charge in [-0.05, 0) is 99.3 Å². The smallest absolute Gasteiger partial charge is 0.155 e. The van der Waals surface area contributed by atoms with E-state index in [0.717, 1.165) is 45.0 Å². The summed E-state index contributed by atoms with van der Waals surface area (Å²) in [6.45, 7) is 4.10. The molecule has 0 atom stereocenters. The van der Waals surface area contributed by atoms with Gasteiger partial charge in [-0.1, -0.05) is 170 Å². The number of benzene rings is 7. The van der Waals surface area contributed by atoms with Crippen LogP contribution in [0.4, 0.5) is 0 Å². The summed E-state index contributed by atoms with van der Waals surface area (Å²) >= 11 is 0. The molecule has 0 spiro atoms. The van der Waals surface area contributed by atoms with Gasteiger partial charge in [0.1, 0.15) is 0 Å². The van der Waals surface area contributed by atoms with E-state index in [0.29, 0.717) is 0 Å². The lowest BCUT2D eigenvalue weighted by molar-refractivity contribution is 0.769. The highest BCUT2D eigenvalue weighted by molar-refractivity contribution is 5.89. The van der Waals surface area contributed by atoms with E-state index in [1.54, 1.807) is 0 Å². The van der Waals surface area contributed by atoms with Gasteiger partial charge in [-0.15, -0.1) is 0 Å². The van der Waals surface area contributed by atoms with Crippen molar-refractivity contribution in [2.45, 2.75) is 19.3 Å². The first-order valence-corrected chi connectivity index (χ1v) is 18.3. The molecule has 1 aliphatic carbocycles. The zero-order valence-electron chi connectivity index (χ0n) is 29.9. The molecule has 0 aliphatic heterocycles. The van der Waals surface area contributed by atoms with E-state index in [2.05, 4.69) is 195 Å². The molecule has 1 heterocycles. The van der Waals surface area contributed by atoms with E-state index >= 15 is 0 Å². The molecule has 0 saturated carbocycles. The Bertz CT molecular complexity index is 2580. The van der Waals surface area contributed by atoms with Gasteiger partial charge in [0.25, 0.3) is 0 Å². The van der Waals surface area contributed by atoms with Crippen LogP contribution in [-0.2, 0) is 5.41 Å². The summed E-state index contributed by atoms with van der Waals surface area (Å²) in [5, 5.41) is 0. The minimum atomic E-state index is -0.434. The van der Waals surface area contributed by atoms with Gasteiger partial charge in [0.2, 0.25) is 0 Å². The van der Waals surface area contributed by atoms with Crippen LogP contribution in [0.25, 0.3) is 61.5 Å². The Labute approximate surface area is 311 Å². The SMILES string of the molecule is C/C=C(\C)c1nc(-c2ccccc2)cc(-c2cccc(-c3cccc(-c4ccc5c(c4)C(c4ccccc4)(c4ccccc4)c4ccccc4-5)c3)c2)n1. The summed E-state index contributed by atoms with van der Waals surface area (Å²) in [6.07, 6.45) is 2.07. The molecule has 0 unspecified atom stereocenters. The summed E-state index contributed by atoms with van der Waals surface area (Å²) in [5.41, 5.74) is 17.0. The monoisotopic (exact) mass is 678 g/mol. The molecule has 252 valence electrons. The van der Waals surface area contributed by atoms with Crippen molar-refractivity contribution in [1.82, 2.24) is 9.97 Å². The van der Waals surface area contributed by atoms with Crippen LogP contribution in [0.15, 0.2) is 194 Å². The van der Waals surface area contributed by atoms with E-state index in [4.69, 9.17) is 9.97 Å². The number of rotatable bonds is 7. The Morgan fingerprint density at radius 3 is 1.51 bits per heavy atom. The molecule has 0 amide bonds. The van der Waals surface area contributed by atoms with Gasteiger partial charge in [0.05, 0.1) is 16.8 Å². The topological polar surface area (TPSA) is 25.8 Å². The van der Waals surface area contributed by atoms with Crippen molar-refractivity contribution in [3.8, 4) is 55.9 Å². The Balaban J connectivity index is 1.15. The molecule has 0 bridgehead atoms. The van der Waals surface area contributed by atoms with E-state index in [9.17, 15) is 0 Å². The third-order valence-corrected chi connectivity index (χ3v) is 10.7. The highest BCUT2D eigenvalue weighted by Gasteiger charge is 2.46. The van der Waals surface area contributed by atoms with Crippen molar-refractivity contribution < 1.29 is 0 Å². The van der Waals surface area contributed by atoms with Gasteiger partial charge in [-0.25, -0.2) is 9.97 Å². The molecule has 0 fully saturated rings. The molecular formula is C51H38N2. The second-order valence-electron chi connectivity index (χ2n) is 13.7. The normalized spacial score (nSPS) is 13.0. The maximum atomic E-state index is 5.03. The van der Waals surface area contributed by atoms with Crippen molar-refractivity contribution in [2.75, 3.05) is 0 Å². The maximum absolute atomic E-state index is 5.03. The van der Waals surface area contributed by atoms with Crippen LogP contribution >= 0.6 is 0 Å². The molecule has 0 saturated heterocycles. The Kier molecular flexibility index (Phi) is 8.21. The van der Waals surface area contributed by atoms with Crippen molar-refractivity contribution in [3.05, 3.63) is 222 Å². The summed E-state index contributed by atoms with van der Waals surface area (Å²) in [6, 6.07) is 68.0. The highest BCUT2D eigenvalue weighted by Crippen LogP contribution is 2.56. The molecule has 53 heavy (non-hydrogen) atoms. The van der Waals surface area contributed by atoms with Crippen molar-refractivity contribution >= 4 is 5.57 Å². The van der Waals surface area contributed by atoms with E-state index < -0.39 is 5.41 Å². The van der Waals surface area contributed by atoms with E-state index in [1.807, 2.05) is 13.0 Å². The Hall–Kier alpha value is -6.64. The summed E-state index contributed by atoms with van der Waals surface area (Å²) in [4.78, 5) is 9.97. The fourth-order valence-corrected chi connectivity index (χ4v) is 8.02. The first kappa shape index (κ1) is 32.3. The van der Waals surface area contributed by atoms with Crippen molar-refractivity contribution in [3.63, 3.8) is 0 Å². The number of hydrogen-bond donors (Lipinski definition) is 0. The summed E-state index contributed by atoms with van der Waals surface area (Å²) in [5.74, 6) is 0.747. The molecule has 1 aliphatic rings. The van der Waals surface area contributed by atoms with E-state index in [-0.39, 0.29) is 0 Å². The van der Waals surface area contributed by atoms with Gasteiger partial charge in [0.15, 0.2) is 5.82 Å². The maximum Gasteiger partial charge on any atom is 0.155 e. The van der Waals surface area contributed by atoms with Crippen molar-refractivity contribution in [1.29, 1.82) is 0 Å². The van der Waals surface area contributed by atoms with Crippen molar-refractivity contribution in [2.24, 2.45) is 0 Å². The molecular weight excluding hydrogens is 641 g/mol. The lowest BCUT2D eigenvalue weighted by atomic mass is 9.67. The van der Waals surface area contributed by atoms with Crippen LogP contribution in [0.1, 0.15) is 41.9 Å². The Morgan fingerprint density at radius 2 is 0.887 bits per heavy atom. The molecule has 8 aromatic rings. The number of fused-ring (bicyclic) bond motifs is 3. The number of nitrogens with zero attached hydrogens (tertiary/aromatic N) is 2. The average Bonchev–Trinajstić information content (AvgIpc) is 3.54. The van der Waals surface area contributed by atoms with Gasteiger partial charge in [0, 0.05) is 11.1 Å². The van der Waals surface area contributed by atoms with Gasteiger partial charge in [-0.3, -0.25) is 0 Å². The highest BCUT2D eigenvalue weighted by atomic mass is 14.9. The molecule has 7 aromatic carbocycles. The summed E-state index contributed by atoms with van der Waals surface area (Å²) < 4.78 is 0. The van der Waals surface area contributed by atoms with Crippen LogP contribution in [0.5, 0.6) is 0 Å². The van der Waals surface area contributed by atoms with Crippen LogP contribution < -0.4 is 0 Å². The van der Waals surface area contributed by atoms with Gasteiger partial charge < -0.3 is 0 Å². The molecule has 9 rings (SSSR count). The second-order valence-corrected chi connectivity index (χ2v) is 13.7. The predicted molar refractivity (Wildman–Crippen MR) is 220 cm³/mol. The first-order chi connectivity index (χ1) is 26.1. The fraction of sp³-hybridized carbons (Fsp3) is 0.0588. The third kappa shape index (κ3) is 5.60. The number of hydrogen-bond acceptors (Lipinski definition) is 2. The van der Waals surface area contributed by atoms with Crippen LogP contribution in [0.2, 0.25) is 0 Å². The lowest BCUT2D eigenvalue weighted by Gasteiger charge is -2.34. The summed E-state index contributed by atoms with van der Waals surface area (Å²) in [7, 11) is 0. The number of allylic oxidation sites excluding steroid dienone is 2. The first-order valence-electron chi connectivity index (χ1n) is 18.3. The number of aromatic nitrogens is 2. The minimum Gasteiger partial charge on any atom is -0.228 e. The zero-order valence-corrected chi connectivity index (χ0v) is 29.9. The standard InChI is InChI=1S/C51H38N2/c1-3-35(2)50-52-48(36-17-7-4-8-18-36)34-49(53-50)41-22-16-21-39(32-41)37-19-15-20-38(31-37)40-29-30-45-44-27-13-14-28-46(44)51(47(45)33-40,42-23-9-5-10-24-42)43-25-11-6-12-26-43/h3-34H,1-2H3/b35-3+. The Morgan fingerprint density at radius 1 is 0.415 bits per heavy atom. The second kappa shape index (κ2) is 13.5. The average molecular weight is 679 g/mol. The molecule has 1 aromatic heterocycles. The quantitative estimate of drug-likeness (QED) is 0.168. The molecule has 2 nitrogen and oxygen atoms in total. The van der Waals surface area contributed by atoms with E-state index in [1.165, 1.54) is 44.5 Å². The molecule has 0 N–H and O–H groups in total. The van der Waals surface area contributed by atoms with Crippen LogP contribution in [0, 0.1) is 0 Å². The van der Waals surface area contributed by atoms with Gasteiger partial charge >= 0.3 is 0 Å². The van der Waals surface area contributed by atoms with Crippen LogP contribution in [0.3, 0.4) is 0 Å². The lowest BCUT2D eigenvalue weighted by Crippen LogP contribution is -2.28. The zero-order chi connectivity index (χ0) is 35.8.